The molecule has 0 spiro atoms. The molecule has 0 atom stereocenters. The lowest BCUT2D eigenvalue weighted by atomic mass is 10.1. The Balaban J connectivity index is 2.94. The molecule has 0 saturated carbocycles. The van der Waals surface area contributed by atoms with E-state index in [9.17, 15) is 4.79 Å². The van der Waals surface area contributed by atoms with E-state index in [4.69, 9.17) is 5.11 Å². The first kappa shape index (κ1) is 12.8. The molecule has 0 aliphatic rings. The molecule has 90 valence electrons. The van der Waals surface area contributed by atoms with Crippen LogP contribution in [0.25, 0.3) is 0 Å². The number of carboxylic acids is 1. The molecule has 0 radical (unpaired) electrons. The van der Waals surface area contributed by atoms with Crippen LogP contribution >= 0.6 is 0 Å². The van der Waals surface area contributed by atoms with Crippen molar-refractivity contribution >= 4 is 5.97 Å². The van der Waals surface area contributed by atoms with Crippen LogP contribution in [0.4, 0.5) is 0 Å². The maximum atomic E-state index is 11.1. The first-order valence-corrected chi connectivity index (χ1v) is 5.98. The van der Waals surface area contributed by atoms with Crippen molar-refractivity contribution in [1.29, 1.82) is 0 Å². The van der Waals surface area contributed by atoms with Gasteiger partial charge in [-0.15, -0.1) is 0 Å². The molecule has 1 N–H and O–H groups in total. The number of aromatic nitrogens is 1. The van der Waals surface area contributed by atoms with Gasteiger partial charge in [0, 0.05) is 12.2 Å². The highest BCUT2D eigenvalue weighted by Crippen LogP contribution is 2.15. The highest BCUT2D eigenvalue weighted by atomic mass is 16.4. The summed E-state index contributed by atoms with van der Waals surface area (Å²) in [4.78, 5) is 11.1. The van der Waals surface area contributed by atoms with E-state index < -0.39 is 5.97 Å². The molecule has 0 aliphatic carbocycles. The standard InChI is InChI=1S/C13H21NO2/c1-4-5-8-14-11(9-10(2)3)6-7-12(14)13(15)16/h6-7,10H,4-5,8-9H2,1-3H3,(H,15,16). The summed E-state index contributed by atoms with van der Waals surface area (Å²) in [6.07, 6.45) is 3.05. The summed E-state index contributed by atoms with van der Waals surface area (Å²) in [6.45, 7) is 7.23. The Kier molecular flexibility index (Phi) is 4.59. The van der Waals surface area contributed by atoms with Crippen LogP contribution in [-0.2, 0) is 13.0 Å². The quantitative estimate of drug-likeness (QED) is 0.804. The summed E-state index contributed by atoms with van der Waals surface area (Å²) in [6, 6.07) is 3.66. The fraction of sp³-hybridized carbons (Fsp3) is 0.615. The number of nitrogens with zero attached hydrogens (tertiary/aromatic N) is 1. The molecule has 1 aromatic rings. The first-order valence-electron chi connectivity index (χ1n) is 5.98. The summed E-state index contributed by atoms with van der Waals surface area (Å²) in [5, 5.41) is 9.09. The Labute approximate surface area is 97.1 Å². The minimum absolute atomic E-state index is 0.420. The second kappa shape index (κ2) is 5.73. The summed E-state index contributed by atoms with van der Waals surface area (Å²) in [7, 11) is 0. The molecule has 0 unspecified atom stereocenters. The number of carboxylic acid groups (broad SMARTS) is 1. The lowest BCUT2D eigenvalue weighted by Crippen LogP contribution is -2.12. The zero-order valence-corrected chi connectivity index (χ0v) is 10.4. The van der Waals surface area contributed by atoms with E-state index in [1.807, 2.05) is 10.6 Å². The normalized spacial score (nSPS) is 11.0. The van der Waals surface area contributed by atoms with E-state index in [0.717, 1.165) is 31.5 Å². The smallest absolute Gasteiger partial charge is 0.352 e. The van der Waals surface area contributed by atoms with Crippen molar-refractivity contribution in [1.82, 2.24) is 4.57 Å². The monoisotopic (exact) mass is 223 g/mol. The second-order valence-corrected chi connectivity index (χ2v) is 4.62. The van der Waals surface area contributed by atoms with Gasteiger partial charge in [-0.2, -0.15) is 0 Å². The summed E-state index contributed by atoms with van der Waals surface area (Å²) >= 11 is 0. The van der Waals surface area contributed by atoms with Crippen molar-refractivity contribution in [2.75, 3.05) is 0 Å². The van der Waals surface area contributed by atoms with Gasteiger partial charge in [-0.1, -0.05) is 27.2 Å². The van der Waals surface area contributed by atoms with Crippen molar-refractivity contribution in [2.45, 2.75) is 46.6 Å². The molecule has 0 saturated heterocycles. The first-order chi connectivity index (χ1) is 7.56. The second-order valence-electron chi connectivity index (χ2n) is 4.62. The van der Waals surface area contributed by atoms with Crippen LogP contribution in [0, 0.1) is 5.92 Å². The third-order valence-corrected chi connectivity index (χ3v) is 2.64. The molecule has 3 nitrogen and oxygen atoms in total. The molecule has 3 heteroatoms. The fourth-order valence-electron chi connectivity index (χ4n) is 1.87. The molecule has 16 heavy (non-hydrogen) atoms. The van der Waals surface area contributed by atoms with Crippen LogP contribution < -0.4 is 0 Å². The predicted octanol–water partition coefficient (Wildman–Crippen LogP) is 3.18. The van der Waals surface area contributed by atoms with Crippen LogP contribution in [0.15, 0.2) is 12.1 Å². The average Bonchev–Trinajstić information content (AvgIpc) is 2.57. The van der Waals surface area contributed by atoms with Crippen molar-refractivity contribution in [3.05, 3.63) is 23.5 Å². The van der Waals surface area contributed by atoms with Crippen molar-refractivity contribution in [3.63, 3.8) is 0 Å². The molecular formula is C13H21NO2. The van der Waals surface area contributed by atoms with E-state index in [-0.39, 0.29) is 0 Å². The Bertz CT molecular complexity index is 353. The van der Waals surface area contributed by atoms with Crippen LogP contribution in [-0.4, -0.2) is 15.6 Å². The Hall–Kier alpha value is -1.25. The van der Waals surface area contributed by atoms with Crippen molar-refractivity contribution in [3.8, 4) is 0 Å². The maximum absolute atomic E-state index is 11.1. The largest absolute Gasteiger partial charge is 0.477 e. The lowest BCUT2D eigenvalue weighted by molar-refractivity contribution is 0.0684. The van der Waals surface area contributed by atoms with Crippen LogP contribution in [0.3, 0.4) is 0 Å². The third-order valence-electron chi connectivity index (χ3n) is 2.64. The van der Waals surface area contributed by atoms with Gasteiger partial charge in [0.05, 0.1) is 0 Å². The van der Waals surface area contributed by atoms with Crippen LogP contribution in [0.5, 0.6) is 0 Å². The lowest BCUT2D eigenvalue weighted by Gasteiger charge is -2.12. The number of aromatic carboxylic acids is 1. The van der Waals surface area contributed by atoms with Gasteiger partial charge in [0.1, 0.15) is 5.69 Å². The minimum Gasteiger partial charge on any atom is -0.477 e. The van der Waals surface area contributed by atoms with Crippen molar-refractivity contribution < 1.29 is 9.90 Å². The maximum Gasteiger partial charge on any atom is 0.352 e. The van der Waals surface area contributed by atoms with Gasteiger partial charge in [0.2, 0.25) is 0 Å². The number of hydrogen-bond acceptors (Lipinski definition) is 1. The SMILES string of the molecule is CCCCn1c(CC(C)C)ccc1C(=O)O. The Morgan fingerprint density at radius 1 is 1.44 bits per heavy atom. The van der Waals surface area contributed by atoms with E-state index in [1.54, 1.807) is 6.07 Å². The minimum atomic E-state index is -0.828. The van der Waals surface area contributed by atoms with Gasteiger partial charge >= 0.3 is 5.97 Å². The summed E-state index contributed by atoms with van der Waals surface area (Å²) in [5.41, 5.74) is 1.56. The molecule has 0 amide bonds. The summed E-state index contributed by atoms with van der Waals surface area (Å²) < 4.78 is 1.95. The Morgan fingerprint density at radius 3 is 2.62 bits per heavy atom. The predicted molar refractivity (Wildman–Crippen MR) is 64.8 cm³/mol. The molecular weight excluding hydrogens is 202 g/mol. The van der Waals surface area contributed by atoms with E-state index in [1.165, 1.54) is 0 Å². The van der Waals surface area contributed by atoms with Gasteiger partial charge < -0.3 is 9.67 Å². The number of carbonyl (C=O) groups is 1. The molecule has 0 aromatic carbocycles. The molecule has 0 aliphatic heterocycles. The number of unbranched alkanes of at least 4 members (excludes halogenated alkanes) is 1. The third kappa shape index (κ3) is 3.12. The van der Waals surface area contributed by atoms with Gasteiger partial charge in [0.15, 0.2) is 0 Å². The molecule has 1 heterocycles. The van der Waals surface area contributed by atoms with E-state index in [2.05, 4.69) is 20.8 Å². The number of rotatable bonds is 6. The van der Waals surface area contributed by atoms with E-state index in [0.29, 0.717) is 11.6 Å². The fourth-order valence-corrected chi connectivity index (χ4v) is 1.87. The van der Waals surface area contributed by atoms with Crippen LogP contribution in [0.2, 0.25) is 0 Å². The topological polar surface area (TPSA) is 42.2 Å². The average molecular weight is 223 g/mol. The Morgan fingerprint density at radius 2 is 2.12 bits per heavy atom. The van der Waals surface area contributed by atoms with Gasteiger partial charge in [-0.3, -0.25) is 0 Å². The summed E-state index contributed by atoms with van der Waals surface area (Å²) in [5.74, 6) is -0.275. The zero-order valence-electron chi connectivity index (χ0n) is 10.4. The van der Waals surface area contributed by atoms with Crippen molar-refractivity contribution in [2.24, 2.45) is 5.92 Å². The molecule has 1 aromatic heterocycles. The van der Waals surface area contributed by atoms with E-state index >= 15 is 0 Å². The highest BCUT2D eigenvalue weighted by Gasteiger charge is 2.13. The van der Waals surface area contributed by atoms with Gasteiger partial charge in [-0.25, -0.2) is 4.79 Å². The van der Waals surface area contributed by atoms with Crippen LogP contribution in [0.1, 0.15) is 49.8 Å². The number of hydrogen-bond donors (Lipinski definition) is 1. The zero-order chi connectivity index (χ0) is 12.1. The molecule has 0 fully saturated rings. The van der Waals surface area contributed by atoms with Gasteiger partial charge in [-0.05, 0) is 30.9 Å². The molecule has 1 rings (SSSR count). The highest BCUT2D eigenvalue weighted by molar-refractivity contribution is 5.86. The molecule has 0 bridgehead atoms. The van der Waals surface area contributed by atoms with Gasteiger partial charge in [0.25, 0.3) is 0 Å².